The summed E-state index contributed by atoms with van der Waals surface area (Å²) < 4.78 is 49.5. The van der Waals surface area contributed by atoms with Gasteiger partial charge in [-0.05, 0) is 13.5 Å². The van der Waals surface area contributed by atoms with Crippen molar-refractivity contribution in [2.75, 3.05) is 133 Å². The highest BCUT2D eigenvalue weighted by molar-refractivity contribution is 4.49. The van der Waals surface area contributed by atoms with Gasteiger partial charge in [0.2, 0.25) is 0 Å². The SMILES string of the molecule is CCCCCCCCCCCCCCCOCCOCCOCCOCCOCCOCCOCCOCCOCCNC. The molecule has 44 heavy (non-hydrogen) atoms. The van der Waals surface area contributed by atoms with Crippen molar-refractivity contribution >= 4 is 0 Å². The summed E-state index contributed by atoms with van der Waals surface area (Å²) in [6.07, 6.45) is 17.8. The molecular weight excluding hydrogens is 566 g/mol. The van der Waals surface area contributed by atoms with Crippen LogP contribution in [0.5, 0.6) is 0 Å². The zero-order chi connectivity index (χ0) is 31.7. The first-order valence-electron chi connectivity index (χ1n) is 17.8. The van der Waals surface area contributed by atoms with Gasteiger partial charge in [-0.3, -0.25) is 0 Å². The third-order valence-electron chi connectivity index (χ3n) is 6.86. The van der Waals surface area contributed by atoms with E-state index < -0.39 is 0 Å². The van der Waals surface area contributed by atoms with E-state index >= 15 is 0 Å². The zero-order valence-corrected chi connectivity index (χ0v) is 28.8. The highest BCUT2D eigenvalue weighted by atomic mass is 16.6. The van der Waals surface area contributed by atoms with Crippen LogP contribution in [0.4, 0.5) is 0 Å². The molecule has 10 nitrogen and oxygen atoms in total. The number of ether oxygens (including phenoxy) is 9. The first-order valence-corrected chi connectivity index (χ1v) is 17.8. The molecule has 0 aromatic carbocycles. The van der Waals surface area contributed by atoms with Crippen LogP contribution in [-0.4, -0.2) is 133 Å². The molecule has 0 radical (unpaired) electrons. The molecule has 0 saturated heterocycles. The van der Waals surface area contributed by atoms with Gasteiger partial charge < -0.3 is 47.9 Å². The van der Waals surface area contributed by atoms with Crippen LogP contribution in [0.1, 0.15) is 90.4 Å². The number of likely N-dealkylation sites (N-methyl/N-ethyl adjacent to an activating group) is 1. The molecule has 0 aromatic rings. The fourth-order valence-corrected chi connectivity index (χ4v) is 4.26. The van der Waals surface area contributed by atoms with E-state index in [-0.39, 0.29) is 0 Å². The summed E-state index contributed by atoms with van der Waals surface area (Å²) in [7, 11) is 1.90. The summed E-state index contributed by atoms with van der Waals surface area (Å²) in [5.41, 5.74) is 0. The van der Waals surface area contributed by atoms with E-state index in [0.717, 1.165) is 19.6 Å². The van der Waals surface area contributed by atoms with Crippen LogP contribution in [-0.2, 0) is 42.6 Å². The van der Waals surface area contributed by atoms with Crippen LogP contribution in [0.25, 0.3) is 0 Å². The van der Waals surface area contributed by atoms with E-state index in [1.165, 1.54) is 77.0 Å². The molecule has 0 bridgehead atoms. The molecule has 0 aliphatic heterocycles. The van der Waals surface area contributed by atoms with Crippen LogP contribution >= 0.6 is 0 Å². The van der Waals surface area contributed by atoms with E-state index in [9.17, 15) is 0 Å². The van der Waals surface area contributed by atoms with Crippen LogP contribution in [0.3, 0.4) is 0 Å². The minimum absolute atomic E-state index is 0.539. The smallest absolute Gasteiger partial charge is 0.0701 e. The normalized spacial score (nSPS) is 11.6. The molecule has 0 aliphatic carbocycles. The van der Waals surface area contributed by atoms with Crippen LogP contribution in [0.15, 0.2) is 0 Å². The van der Waals surface area contributed by atoms with Gasteiger partial charge in [0.25, 0.3) is 0 Å². The van der Waals surface area contributed by atoms with E-state index in [1.807, 2.05) is 7.05 Å². The van der Waals surface area contributed by atoms with Crippen molar-refractivity contribution in [3.05, 3.63) is 0 Å². The molecule has 0 fully saturated rings. The third-order valence-corrected chi connectivity index (χ3v) is 6.86. The number of unbranched alkanes of at least 4 members (excludes halogenated alkanes) is 12. The van der Waals surface area contributed by atoms with E-state index in [1.54, 1.807) is 0 Å². The summed E-state index contributed by atoms with van der Waals surface area (Å²) in [5, 5.41) is 3.03. The average molecular weight is 638 g/mol. The van der Waals surface area contributed by atoms with Gasteiger partial charge in [0.05, 0.1) is 112 Å². The van der Waals surface area contributed by atoms with E-state index in [0.29, 0.717) is 112 Å². The lowest BCUT2D eigenvalue weighted by Crippen LogP contribution is -2.17. The van der Waals surface area contributed by atoms with E-state index in [2.05, 4.69) is 12.2 Å². The molecule has 0 unspecified atom stereocenters. The first-order chi connectivity index (χ1) is 21.9. The molecule has 0 spiro atoms. The summed E-state index contributed by atoms with van der Waals surface area (Å²) in [6, 6.07) is 0. The Labute approximate surface area is 270 Å². The third kappa shape index (κ3) is 41.6. The second-order valence-corrected chi connectivity index (χ2v) is 10.9. The second-order valence-electron chi connectivity index (χ2n) is 10.9. The minimum atomic E-state index is 0.539. The van der Waals surface area contributed by atoms with E-state index in [4.69, 9.17) is 42.6 Å². The number of rotatable bonds is 41. The largest absolute Gasteiger partial charge is 0.379 e. The Morgan fingerprint density at radius 3 is 0.773 bits per heavy atom. The number of hydrogen-bond donors (Lipinski definition) is 1. The minimum Gasteiger partial charge on any atom is -0.379 e. The lowest BCUT2D eigenvalue weighted by molar-refractivity contribution is -0.0249. The Balaban J connectivity index is 3.03. The van der Waals surface area contributed by atoms with Crippen molar-refractivity contribution in [1.82, 2.24) is 5.32 Å². The van der Waals surface area contributed by atoms with Crippen LogP contribution in [0.2, 0.25) is 0 Å². The molecule has 10 heteroatoms. The van der Waals surface area contributed by atoms with Crippen molar-refractivity contribution in [2.24, 2.45) is 0 Å². The van der Waals surface area contributed by atoms with Gasteiger partial charge in [0.15, 0.2) is 0 Å². The maximum absolute atomic E-state index is 5.67. The maximum Gasteiger partial charge on any atom is 0.0701 e. The van der Waals surface area contributed by atoms with Crippen molar-refractivity contribution < 1.29 is 42.6 Å². The fourth-order valence-electron chi connectivity index (χ4n) is 4.26. The average Bonchev–Trinajstić information content (AvgIpc) is 3.04. The number of nitrogens with one attached hydrogen (secondary N) is 1. The van der Waals surface area contributed by atoms with Crippen molar-refractivity contribution in [1.29, 1.82) is 0 Å². The maximum atomic E-state index is 5.67. The summed E-state index contributed by atoms with van der Waals surface area (Å²) in [6.45, 7) is 13.8. The molecule has 0 atom stereocenters. The first kappa shape index (κ1) is 43.6. The molecule has 1 N–H and O–H groups in total. The molecule has 0 amide bonds. The highest BCUT2D eigenvalue weighted by Crippen LogP contribution is 2.12. The Kier molecular flexibility index (Phi) is 42.2. The van der Waals surface area contributed by atoms with Gasteiger partial charge in [-0.15, -0.1) is 0 Å². The lowest BCUT2D eigenvalue weighted by Gasteiger charge is -2.09. The summed E-state index contributed by atoms with van der Waals surface area (Å²) in [5.74, 6) is 0. The second kappa shape index (κ2) is 42.6. The van der Waals surface area contributed by atoms with Crippen molar-refractivity contribution in [3.8, 4) is 0 Å². The predicted octanol–water partition coefficient (Wildman–Crippen LogP) is 5.45. The number of hydrogen-bond acceptors (Lipinski definition) is 10. The van der Waals surface area contributed by atoms with Gasteiger partial charge in [0.1, 0.15) is 0 Å². The van der Waals surface area contributed by atoms with Gasteiger partial charge in [-0.1, -0.05) is 84.0 Å². The molecule has 0 aliphatic rings. The topological polar surface area (TPSA) is 95.1 Å². The lowest BCUT2D eigenvalue weighted by atomic mass is 10.0. The van der Waals surface area contributed by atoms with Gasteiger partial charge in [-0.25, -0.2) is 0 Å². The molecule has 0 rings (SSSR count). The molecule has 266 valence electrons. The van der Waals surface area contributed by atoms with Crippen LogP contribution in [0, 0.1) is 0 Å². The Morgan fingerprint density at radius 2 is 0.500 bits per heavy atom. The van der Waals surface area contributed by atoms with Gasteiger partial charge in [-0.2, -0.15) is 0 Å². The monoisotopic (exact) mass is 638 g/mol. The molecular formula is C34H71NO9. The van der Waals surface area contributed by atoms with Crippen LogP contribution < -0.4 is 5.32 Å². The van der Waals surface area contributed by atoms with Crippen molar-refractivity contribution in [3.63, 3.8) is 0 Å². The summed E-state index contributed by atoms with van der Waals surface area (Å²) >= 11 is 0. The quantitative estimate of drug-likeness (QED) is 0.0873. The molecule has 0 heterocycles. The molecule has 0 saturated carbocycles. The van der Waals surface area contributed by atoms with Crippen molar-refractivity contribution in [2.45, 2.75) is 90.4 Å². The Bertz CT molecular complexity index is 450. The zero-order valence-electron chi connectivity index (χ0n) is 28.8. The molecule has 0 aromatic heterocycles. The van der Waals surface area contributed by atoms with Gasteiger partial charge >= 0.3 is 0 Å². The predicted molar refractivity (Wildman–Crippen MR) is 177 cm³/mol. The van der Waals surface area contributed by atoms with Gasteiger partial charge in [0, 0.05) is 13.2 Å². The Hall–Kier alpha value is -0.400. The fraction of sp³-hybridized carbons (Fsp3) is 1.00. The summed E-state index contributed by atoms with van der Waals surface area (Å²) in [4.78, 5) is 0. The standard InChI is InChI=1S/C34H71NO9/c1-3-4-5-6-7-8-9-10-11-12-13-14-15-17-36-19-21-38-23-25-40-27-29-42-31-33-44-34-32-43-30-28-41-26-24-39-22-20-37-18-16-35-2/h35H,3-34H2,1-2H3. The Morgan fingerprint density at radius 1 is 0.273 bits per heavy atom. The highest BCUT2D eigenvalue weighted by Gasteiger charge is 1.97.